The maximum absolute atomic E-state index is 5.82. The Morgan fingerprint density at radius 3 is 2.56 bits per heavy atom. The molecule has 0 saturated heterocycles. The summed E-state index contributed by atoms with van der Waals surface area (Å²) in [5.74, 6) is 1.37. The number of nitrogens with zero attached hydrogens (tertiary/aromatic N) is 3. The van der Waals surface area contributed by atoms with E-state index in [-0.39, 0.29) is 6.04 Å². The number of hydrogen-bond acceptors (Lipinski definition) is 4. The van der Waals surface area contributed by atoms with Crippen molar-refractivity contribution in [1.29, 1.82) is 0 Å². The number of hydrogen-bond donors (Lipinski definition) is 1. The van der Waals surface area contributed by atoms with Crippen LogP contribution in [0.1, 0.15) is 25.7 Å². The Kier molecular flexibility index (Phi) is 3.84. The fourth-order valence-electron chi connectivity index (χ4n) is 1.62. The molecule has 1 heterocycles. The van der Waals surface area contributed by atoms with Crippen LogP contribution >= 0.6 is 11.6 Å². The molecule has 0 fully saturated rings. The quantitative estimate of drug-likeness (QED) is 0.924. The minimum absolute atomic E-state index is 0.181. The lowest BCUT2D eigenvalue weighted by Crippen LogP contribution is -2.13. The summed E-state index contributed by atoms with van der Waals surface area (Å²) in [5, 5.41) is 8.70. The fourth-order valence-corrected chi connectivity index (χ4v) is 1.74. The third kappa shape index (κ3) is 2.63. The normalized spacial score (nSPS) is 12.4. The molecule has 2 N–H and O–H groups in total. The molecular weight excluding hydrogens is 252 g/mol. The smallest absolute Gasteiger partial charge is 0.322 e. The zero-order valence-electron chi connectivity index (χ0n) is 10.3. The van der Waals surface area contributed by atoms with Crippen molar-refractivity contribution in [3.05, 3.63) is 35.1 Å². The summed E-state index contributed by atoms with van der Waals surface area (Å²) < 4.78 is 7.51. The van der Waals surface area contributed by atoms with E-state index in [0.717, 1.165) is 0 Å². The summed E-state index contributed by atoms with van der Waals surface area (Å²) in [6, 6.07) is 7.34. The van der Waals surface area contributed by atoms with Crippen LogP contribution in [0, 0.1) is 0 Å². The molecule has 0 aliphatic heterocycles. The first-order valence-corrected chi connectivity index (χ1v) is 6.11. The van der Waals surface area contributed by atoms with Crippen molar-refractivity contribution in [2.24, 2.45) is 5.73 Å². The highest BCUT2D eigenvalue weighted by Gasteiger charge is 2.15. The predicted octanol–water partition coefficient (Wildman–Crippen LogP) is 2.76. The molecule has 2 rings (SSSR count). The molecule has 6 heteroatoms. The SMILES string of the molecule is CCn1c(Oc2ccc(Cl)cc2)nnc1[C@@H](C)N. The number of benzene rings is 1. The van der Waals surface area contributed by atoms with Gasteiger partial charge in [-0.05, 0) is 38.1 Å². The van der Waals surface area contributed by atoms with Crippen molar-refractivity contribution in [2.45, 2.75) is 26.4 Å². The highest BCUT2D eigenvalue weighted by Crippen LogP contribution is 2.23. The Bertz CT molecular complexity index is 521. The van der Waals surface area contributed by atoms with Crippen molar-refractivity contribution in [1.82, 2.24) is 14.8 Å². The summed E-state index contributed by atoms with van der Waals surface area (Å²) in [6.45, 7) is 4.55. The Hall–Kier alpha value is -1.59. The molecule has 96 valence electrons. The van der Waals surface area contributed by atoms with E-state index in [1.165, 1.54) is 0 Å². The molecule has 0 radical (unpaired) electrons. The van der Waals surface area contributed by atoms with Crippen molar-refractivity contribution in [2.75, 3.05) is 0 Å². The van der Waals surface area contributed by atoms with E-state index in [1.807, 2.05) is 18.4 Å². The van der Waals surface area contributed by atoms with Gasteiger partial charge in [-0.1, -0.05) is 16.7 Å². The second-order valence-corrected chi connectivity index (χ2v) is 4.37. The van der Waals surface area contributed by atoms with Crippen LogP contribution in [0.5, 0.6) is 11.8 Å². The van der Waals surface area contributed by atoms with E-state index >= 15 is 0 Å². The Morgan fingerprint density at radius 2 is 2.00 bits per heavy atom. The Morgan fingerprint density at radius 1 is 1.33 bits per heavy atom. The van der Waals surface area contributed by atoms with Gasteiger partial charge in [0.25, 0.3) is 0 Å². The minimum Gasteiger partial charge on any atom is -0.424 e. The van der Waals surface area contributed by atoms with Gasteiger partial charge in [-0.25, -0.2) is 0 Å². The maximum Gasteiger partial charge on any atom is 0.322 e. The lowest BCUT2D eigenvalue weighted by Gasteiger charge is -2.09. The molecule has 1 aromatic carbocycles. The van der Waals surface area contributed by atoms with Crippen LogP contribution < -0.4 is 10.5 Å². The van der Waals surface area contributed by atoms with Crippen molar-refractivity contribution < 1.29 is 4.74 Å². The van der Waals surface area contributed by atoms with Gasteiger partial charge in [0, 0.05) is 11.6 Å². The third-order valence-electron chi connectivity index (χ3n) is 2.49. The van der Waals surface area contributed by atoms with E-state index in [2.05, 4.69) is 10.2 Å². The molecule has 5 nitrogen and oxygen atoms in total. The van der Waals surface area contributed by atoms with Crippen molar-refractivity contribution >= 4 is 11.6 Å². The lowest BCUT2D eigenvalue weighted by molar-refractivity contribution is 0.409. The van der Waals surface area contributed by atoms with Gasteiger partial charge < -0.3 is 10.5 Å². The first kappa shape index (κ1) is 12.9. The first-order valence-electron chi connectivity index (χ1n) is 5.74. The molecule has 0 spiro atoms. The molecule has 1 aromatic heterocycles. The average Bonchev–Trinajstić information content (AvgIpc) is 2.75. The molecule has 0 amide bonds. The van der Waals surface area contributed by atoms with Gasteiger partial charge in [0.1, 0.15) is 5.75 Å². The summed E-state index contributed by atoms with van der Waals surface area (Å²) >= 11 is 5.81. The largest absolute Gasteiger partial charge is 0.424 e. The highest BCUT2D eigenvalue weighted by atomic mass is 35.5. The minimum atomic E-state index is -0.181. The van der Waals surface area contributed by atoms with Gasteiger partial charge >= 0.3 is 6.01 Å². The number of rotatable bonds is 4. The van der Waals surface area contributed by atoms with Crippen LogP contribution in [-0.2, 0) is 6.54 Å². The fraction of sp³-hybridized carbons (Fsp3) is 0.333. The second kappa shape index (κ2) is 5.37. The lowest BCUT2D eigenvalue weighted by atomic mass is 10.3. The summed E-state index contributed by atoms with van der Waals surface area (Å²) in [4.78, 5) is 0. The molecule has 1 atom stereocenters. The third-order valence-corrected chi connectivity index (χ3v) is 2.74. The average molecular weight is 267 g/mol. The highest BCUT2D eigenvalue weighted by molar-refractivity contribution is 6.30. The monoisotopic (exact) mass is 266 g/mol. The van der Waals surface area contributed by atoms with Gasteiger partial charge in [-0.3, -0.25) is 4.57 Å². The standard InChI is InChI=1S/C12H15ClN4O/c1-3-17-11(8(2)14)15-16-12(17)18-10-6-4-9(13)5-7-10/h4-8H,3,14H2,1-2H3/t8-/m1/s1. The van der Waals surface area contributed by atoms with E-state index in [1.54, 1.807) is 24.3 Å². The van der Waals surface area contributed by atoms with Gasteiger partial charge in [-0.15, -0.1) is 5.10 Å². The number of aromatic nitrogens is 3. The van der Waals surface area contributed by atoms with Crippen LogP contribution in [0.2, 0.25) is 5.02 Å². The summed E-state index contributed by atoms with van der Waals surface area (Å²) in [6.07, 6.45) is 0. The molecule has 0 saturated carbocycles. The van der Waals surface area contributed by atoms with Crippen LogP contribution in [0.25, 0.3) is 0 Å². The van der Waals surface area contributed by atoms with Crippen LogP contribution in [0.15, 0.2) is 24.3 Å². The number of ether oxygens (including phenoxy) is 1. The molecule has 0 aliphatic carbocycles. The van der Waals surface area contributed by atoms with E-state index in [4.69, 9.17) is 22.1 Å². The number of nitrogens with two attached hydrogens (primary N) is 1. The topological polar surface area (TPSA) is 66.0 Å². The Balaban J connectivity index is 2.26. The van der Waals surface area contributed by atoms with Gasteiger partial charge in [-0.2, -0.15) is 0 Å². The zero-order chi connectivity index (χ0) is 13.1. The summed E-state index contributed by atoms with van der Waals surface area (Å²) in [7, 11) is 0. The molecule has 0 unspecified atom stereocenters. The van der Waals surface area contributed by atoms with Crippen LogP contribution in [-0.4, -0.2) is 14.8 Å². The number of halogens is 1. The molecule has 18 heavy (non-hydrogen) atoms. The maximum atomic E-state index is 5.82. The van der Waals surface area contributed by atoms with Gasteiger partial charge in [0.15, 0.2) is 5.82 Å². The van der Waals surface area contributed by atoms with E-state index in [0.29, 0.717) is 29.2 Å². The van der Waals surface area contributed by atoms with Crippen LogP contribution in [0.3, 0.4) is 0 Å². The van der Waals surface area contributed by atoms with Gasteiger partial charge in [0.2, 0.25) is 0 Å². The first-order chi connectivity index (χ1) is 8.61. The van der Waals surface area contributed by atoms with Gasteiger partial charge in [0.05, 0.1) is 6.04 Å². The zero-order valence-corrected chi connectivity index (χ0v) is 11.1. The molecule has 2 aromatic rings. The van der Waals surface area contributed by atoms with Crippen LogP contribution in [0.4, 0.5) is 0 Å². The summed E-state index contributed by atoms with van der Waals surface area (Å²) in [5.41, 5.74) is 5.82. The van der Waals surface area contributed by atoms with E-state index < -0.39 is 0 Å². The second-order valence-electron chi connectivity index (χ2n) is 3.93. The van der Waals surface area contributed by atoms with E-state index in [9.17, 15) is 0 Å². The predicted molar refractivity (Wildman–Crippen MR) is 69.8 cm³/mol. The van der Waals surface area contributed by atoms with Crippen molar-refractivity contribution in [3.63, 3.8) is 0 Å². The molecular formula is C12H15ClN4O. The molecule has 0 bridgehead atoms. The molecule has 0 aliphatic rings. The Labute approximate surface area is 111 Å². The van der Waals surface area contributed by atoms with Crippen molar-refractivity contribution in [3.8, 4) is 11.8 Å².